The minimum absolute atomic E-state index is 0.236. The van der Waals surface area contributed by atoms with E-state index < -0.39 is 6.03 Å². The summed E-state index contributed by atoms with van der Waals surface area (Å²) in [5, 5.41) is 3.53. The molecule has 6 heteroatoms. The summed E-state index contributed by atoms with van der Waals surface area (Å²) in [6.45, 7) is 2.31. The van der Waals surface area contributed by atoms with Crippen LogP contribution in [0.15, 0.2) is 54.2 Å². The van der Waals surface area contributed by atoms with Gasteiger partial charge in [0.15, 0.2) is 0 Å². The quantitative estimate of drug-likeness (QED) is 0.570. The highest BCUT2D eigenvalue weighted by Gasteiger charge is 2.30. The van der Waals surface area contributed by atoms with Crippen LogP contribution in [0, 0.1) is 12.7 Å². The average Bonchev–Trinajstić information content (AvgIpc) is 3.07. The van der Waals surface area contributed by atoms with Gasteiger partial charge in [0, 0.05) is 34.8 Å². The van der Waals surface area contributed by atoms with Crippen molar-refractivity contribution in [3.05, 3.63) is 76.9 Å². The Morgan fingerprint density at radius 2 is 1.78 bits per heavy atom. The molecule has 1 aliphatic rings. The first-order valence-electron chi connectivity index (χ1n) is 8.59. The molecule has 2 heterocycles. The lowest BCUT2D eigenvalue weighted by atomic mass is 10.1. The fraction of sp³-hybridized carbons (Fsp3) is 0.143. The molecule has 0 bridgehead atoms. The van der Waals surface area contributed by atoms with Crippen molar-refractivity contribution < 1.29 is 14.0 Å². The second kappa shape index (κ2) is 6.39. The number of likely N-dealkylation sites (N-methyl/N-ethyl adjacent to an activating group) is 1. The molecule has 0 saturated carbocycles. The molecule has 27 heavy (non-hydrogen) atoms. The number of nitrogens with zero attached hydrogens (tertiary/aromatic N) is 2. The number of nitrogens with one attached hydrogen (secondary N) is 1. The average molecular weight is 363 g/mol. The van der Waals surface area contributed by atoms with Crippen molar-refractivity contribution >= 4 is 28.9 Å². The number of carbonyl (C=O) groups is 2. The van der Waals surface area contributed by atoms with Crippen LogP contribution in [-0.2, 0) is 11.3 Å². The van der Waals surface area contributed by atoms with Gasteiger partial charge in [0.05, 0.1) is 6.54 Å². The van der Waals surface area contributed by atoms with E-state index >= 15 is 0 Å². The van der Waals surface area contributed by atoms with Crippen LogP contribution in [0.1, 0.15) is 16.8 Å². The number of aromatic nitrogens is 1. The van der Waals surface area contributed by atoms with Crippen molar-refractivity contribution in [2.75, 3.05) is 7.05 Å². The Labute approximate surface area is 155 Å². The SMILES string of the molecule is Cc1c(/C=C2/NC(=O)N(C)C2=O)c2ccccc2n1Cc1ccccc1F. The van der Waals surface area contributed by atoms with E-state index in [-0.39, 0.29) is 17.4 Å². The van der Waals surface area contributed by atoms with E-state index in [0.717, 1.165) is 27.1 Å². The van der Waals surface area contributed by atoms with Gasteiger partial charge in [-0.15, -0.1) is 0 Å². The number of rotatable bonds is 3. The zero-order chi connectivity index (χ0) is 19.1. The largest absolute Gasteiger partial charge is 0.340 e. The Morgan fingerprint density at radius 3 is 2.48 bits per heavy atom. The minimum atomic E-state index is -0.445. The molecule has 3 aromatic rings. The maximum Gasteiger partial charge on any atom is 0.328 e. The lowest BCUT2D eigenvalue weighted by Crippen LogP contribution is -2.25. The second-order valence-corrected chi connectivity index (χ2v) is 6.55. The number of amides is 3. The van der Waals surface area contributed by atoms with E-state index in [1.54, 1.807) is 18.2 Å². The van der Waals surface area contributed by atoms with Gasteiger partial charge in [0.1, 0.15) is 11.5 Å². The summed E-state index contributed by atoms with van der Waals surface area (Å²) in [7, 11) is 1.44. The number of urea groups is 1. The molecule has 0 atom stereocenters. The number of benzene rings is 2. The van der Waals surface area contributed by atoms with E-state index in [4.69, 9.17) is 0 Å². The molecule has 1 aliphatic heterocycles. The Balaban J connectivity index is 1.86. The highest BCUT2D eigenvalue weighted by molar-refractivity contribution is 6.14. The predicted molar refractivity (Wildman–Crippen MR) is 101 cm³/mol. The number of hydrogen-bond donors (Lipinski definition) is 1. The van der Waals surface area contributed by atoms with E-state index in [1.165, 1.54) is 13.1 Å². The van der Waals surface area contributed by atoms with Gasteiger partial charge in [-0.25, -0.2) is 9.18 Å². The van der Waals surface area contributed by atoms with Crippen LogP contribution in [0.25, 0.3) is 17.0 Å². The molecular formula is C21H18FN3O2. The van der Waals surface area contributed by atoms with Gasteiger partial charge in [0.2, 0.25) is 0 Å². The van der Waals surface area contributed by atoms with E-state index in [2.05, 4.69) is 5.32 Å². The summed E-state index contributed by atoms with van der Waals surface area (Å²) < 4.78 is 16.2. The topological polar surface area (TPSA) is 54.3 Å². The molecule has 1 aromatic heterocycles. The van der Waals surface area contributed by atoms with Gasteiger partial charge in [-0.2, -0.15) is 0 Å². The third kappa shape index (κ3) is 2.79. The monoisotopic (exact) mass is 363 g/mol. The lowest BCUT2D eigenvalue weighted by Gasteiger charge is -2.09. The maximum atomic E-state index is 14.2. The van der Waals surface area contributed by atoms with Crippen LogP contribution in [0.2, 0.25) is 0 Å². The summed E-state index contributed by atoms with van der Waals surface area (Å²) in [4.78, 5) is 25.0. The normalized spacial score (nSPS) is 15.8. The first-order chi connectivity index (χ1) is 13.0. The summed E-state index contributed by atoms with van der Waals surface area (Å²) in [6.07, 6.45) is 1.69. The lowest BCUT2D eigenvalue weighted by molar-refractivity contribution is -0.121. The maximum absolute atomic E-state index is 14.2. The molecule has 3 amide bonds. The number of fused-ring (bicyclic) bond motifs is 1. The van der Waals surface area contributed by atoms with Gasteiger partial charge in [-0.05, 0) is 25.1 Å². The van der Waals surface area contributed by atoms with Crippen LogP contribution < -0.4 is 5.32 Å². The molecule has 4 rings (SSSR count). The molecule has 1 saturated heterocycles. The minimum Gasteiger partial charge on any atom is -0.340 e. The summed E-state index contributed by atoms with van der Waals surface area (Å²) in [5.74, 6) is -0.625. The van der Waals surface area contributed by atoms with E-state index in [9.17, 15) is 14.0 Å². The molecule has 0 unspecified atom stereocenters. The van der Waals surface area contributed by atoms with Crippen molar-refractivity contribution in [3.8, 4) is 0 Å². The van der Waals surface area contributed by atoms with Crippen molar-refractivity contribution in [1.82, 2.24) is 14.8 Å². The Hall–Kier alpha value is -3.41. The van der Waals surface area contributed by atoms with Gasteiger partial charge in [-0.1, -0.05) is 36.4 Å². The van der Waals surface area contributed by atoms with Crippen molar-refractivity contribution in [3.63, 3.8) is 0 Å². The smallest absolute Gasteiger partial charge is 0.328 e. The molecule has 0 aliphatic carbocycles. The summed E-state index contributed by atoms with van der Waals surface area (Å²) in [6, 6.07) is 14.0. The van der Waals surface area contributed by atoms with Crippen LogP contribution >= 0.6 is 0 Å². The number of halogens is 1. The Morgan fingerprint density at radius 1 is 1.07 bits per heavy atom. The molecule has 0 radical (unpaired) electrons. The number of hydrogen-bond acceptors (Lipinski definition) is 2. The van der Waals surface area contributed by atoms with Crippen LogP contribution in [-0.4, -0.2) is 28.5 Å². The van der Waals surface area contributed by atoms with Crippen LogP contribution in [0.4, 0.5) is 9.18 Å². The van der Waals surface area contributed by atoms with Crippen molar-refractivity contribution in [2.45, 2.75) is 13.5 Å². The Bertz CT molecular complexity index is 1110. The van der Waals surface area contributed by atoms with Gasteiger partial charge in [-0.3, -0.25) is 9.69 Å². The zero-order valence-electron chi connectivity index (χ0n) is 15.0. The summed E-state index contributed by atoms with van der Waals surface area (Å²) in [5.41, 5.74) is 3.49. The third-order valence-corrected chi connectivity index (χ3v) is 4.94. The van der Waals surface area contributed by atoms with Gasteiger partial charge < -0.3 is 9.88 Å². The van der Waals surface area contributed by atoms with Crippen molar-refractivity contribution in [1.29, 1.82) is 0 Å². The molecule has 2 aromatic carbocycles. The standard InChI is InChI=1S/C21H18FN3O2/c1-13-16(11-18-20(26)24(2)21(27)23-18)15-8-4-6-10-19(15)25(13)12-14-7-3-5-9-17(14)22/h3-11H,12H2,1-2H3,(H,23,27)/b18-11+. The highest BCUT2D eigenvalue weighted by atomic mass is 19.1. The molecule has 0 spiro atoms. The first-order valence-corrected chi connectivity index (χ1v) is 8.59. The van der Waals surface area contributed by atoms with E-state index in [0.29, 0.717) is 12.1 Å². The fourth-order valence-corrected chi connectivity index (χ4v) is 3.41. The number of carbonyl (C=O) groups excluding carboxylic acids is 2. The van der Waals surface area contributed by atoms with Crippen LogP contribution in [0.3, 0.4) is 0 Å². The molecule has 1 fully saturated rings. The predicted octanol–water partition coefficient (Wildman–Crippen LogP) is 3.66. The first kappa shape index (κ1) is 17.0. The van der Waals surface area contributed by atoms with E-state index in [1.807, 2.05) is 41.8 Å². The fourth-order valence-electron chi connectivity index (χ4n) is 3.41. The molecular weight excluding hydrogens is 345 g/mol. The van der Waals surface area contributed by atoms with Gasteiger partial charge >= 0.3 is 6.03 Å². The van der Waals surface area contributed by atoms with Crippen LogP contribution in [0.5, 0.6) is 0 Å². The number of imide groups is 1. The third-order valence-electron chi connectivity index (χ3n) is 4.94. The van der Waals surface area contributed by atoms with Crippen molar-refractivity contribution in [2.24, 2.45) is 0 Å². The molecule has 136 valence electrons. The molecule has 1 N–H and O–H groups in total. The Kier molecular flexibility index (Phi) is 4.03. The number of para-hydroxylation sites is 1. The summed E-state index contributed by atoms with van der Waals surface area (Å²) >= 11 is 0. The molecule has 5 nitrogen and oxygen atoms in total. The second-order valence-electron chi connectivity index (χ2n) is 6.55. The highest BCUT2D eigenvalue weighted by Crippen LogP contribution is 2.29. The van der Waals surface area contributed by atoms with Gasteiger partial charge in [0.25, 0.3) is 5.91 Å². The zero-order valence-corrected chi connectivity index (χ0v) is 15.0.